The monoisotopic (exact) mass is 457 g/mol. The van der Waals surface area contributed by atoms with E-state index in [1.54, 1.807) is 0 Å². The zero-order chi connectivity index (χ0) is 23.5. The van der Waals surface area contributed by atoms with Crippen molar-refractivity contribution in [2.45, 2.75) is 57.1 Å². The molecule has 12 nitrogen and oxygen atoms in total. The summed E-state index contributed by atoms with van der Waals surface area (Å²) in [4.78, 5) is 38.4. The van der Waals surface area contributed by atoms with E-state index in [-0.39, 0.29) is 36.6 Å². The Labute approximate surface area is 190 Å². The number of rotatable bonds is 6. The maximum Gasteiger partial charge on any atom is 0.410 e. The van der Waals surface area contributed by atoms with Gasteiger partial charge in [-0.1, -0.05) is 12.8 Å². The van der Waals surface area contributed by atoms with Crippen molar-refractivity contribution < 1.29 is 24.2 Å². The molecule has 1 aliphatic carbocycles. The molecule has 0 bridgehead atoms. The van der Waals surface area contributed by atoms with Crippen LogP contribution in [0.25, 0.3) is 11.2 Å². The Morgan fingerprint density at radius 1 is 1.42 bits per heavy atom. The van der Waals surface area contributed by atoms with Crippen molar-refractivity contribution in [1.29, 1.82) is 0 Å². The van der Waals surface area contributed by atoms with Crippen LogP contribution in [0, 0.1) is 11.8 Å². The number of aromatic nitrogens is 4. The summed E-state index contributed by atoms with van der Waals surface area (Å²) in [6.45, 7) is 2.59. The highest BCUT2D eigenvalue weighted by molar-refractivity contribution is 5.83. The molecule has 176 valence electrons. The highest BCUT2D eigenvalue weighted by atomic mass is 16.5. The first-order valence-corrected chi connectivity index (χ1v) is 10.9. The fourth-order valence-corrected chi connectivity index (χ4v) is 3.62. The second kappa shape index (κ2) is 9.60. The number of nitrogens with zero attached hydrogens (tertiary/aromatic N) is 5. The van der Waals surface area contributed by atoms with E-state index in [1.807, 2.05) is 6.92 Å². The normalized spacial score (nSPS) is 22.0. The molecule has 2 aliphatic rings. The first-order valence-electron chi connectivity index (χ1n) is 10.9. The lowest BCUT2D eigenvalue weighted by atomic mass is 10.2. The SMILES string of the molecule is CCCN(CC#Cc1nc(N)c2ncn([C@@H]3O[C@H](C(=O)NC4CC4)C[C@@H]3O)c2n1)C(=O)OC. The molecule has 0 aromatic carbocycles. The van der Waals surface area contributed by atoms with Gasteiger partial charge in [-0.15, -0.1) is 0 Å². The molecule has 2 amide bonds. The summed E-state index contributed by atoms with van der Waals surface area (Å²) in [6.07, 6.45) is 1.30. The molecule has 0 spiro atoms. The van der Waals surface area contributed by atoms with Crippen LogP contribution in [0.15, 0.2) is 6.33 Å². The third-order valence-corrected chi connectivity index (χ3v) is 5.42. The van der Waals surface area contributed by atoms with Crippen LogP contribution >= 0.6 is 0 Å². The average molecular weight is 457 g/mol. The zero-order valence-corrected chi connectivity index (χ0v) is 18.5. The molecule has 0 unspecified atom stereocenters. The number of imidazole rings is 1. The maximum absolute atomic E-state index is 12.3. The summed E-state index contributed by atoms with van der Waals surface area (Å²) in [7, 11) is 1.32. The van der Waals surface area contributed by atoms with E-state index in [2.05, 4.69) is 32.1 Å². The van der Waals surface area contributed by atoms with Crippen LogP contribution in [0.3, 0.4) is 0 Å². The van der Waals surface area contributed by atoms with Crippen LogP contribution in [0.2, 0.25) is 0 Å². The van der Waals surface area contributed by atoms with Gasteiger partial charge in [0.1, 0.15) is 17.7 Å². The smallest absolute Gasteiger partial charge is 0.410 e. The van der Waals surface area contributed by atoms with Gasteiger partial charge in [0.2, 0.25) is 11.7 Å². The lowest BCUT2D eigenvalue weighted by Crippen LogP contribution is -2.35. The van der Waals surface area contributed by atoms with E-state index in [9.17, 15) is 14.7 Å². The summed E-state index contributed by atoms with van der Waals surface area (Å²) < 4.78 is 12.1. The minimum absolute atomic E-state index is 0.122. The van der Waals surface area contributed by atoms with Crippen LogP contribution in [0.5, 0.6) is 0 Å². The third kappa shape index (κ3) is 4.99. The predicted octanol–water partition coefficient (Wildman–Crippen LogP) is 0.165. The summed E-state index contributed by atoms with van der Waals surface area (Å²) >= 11 is 0. The number of aliphatic hydroxyl groups excluding tert-OH is 1. The van der Waals surface area contributed by atoms with E-state index in [0.29, 0.717) is 17.7 Å². The molecule has 1 saturated carbocycles. The molecule has 3 heterocycles. The summed E-state index contributed by atoms with van der Waals surface area (Å²) in [5.74, 6) is 5.70. The molecule has 2 aromatic rings. The lowest BCUT2D eigenvalue weighted by molar-refractivity contribution is -0.134. The number of hydrogen-bond acceptors (Lipinski definition) is 9. The van der Waals surface area contributed by atoms with Gasteiger partial charge in [-0.25, -0.2) is 19.7 Å². The van der Waals surface area contributed by atoms with Crippen molar-refractivity contribution in [3.8, 4) is 11.8 Å². The van der Waals surface area contributed by atoms with E-state index in [4.69, 9.17) is 15.2 Å². The van der Waals surface area contributed by atoms with E-state index < -0.39 is 24.5 Å². The van der Waals surface area contributed by atoms with Gasteiger partial charge in [-0.2, -0.15) is 0 Å². The summed E-state index contributed by atoms with van der Waals surface area (Å²) in [6, 6.07) is 0.201. The minimum Gasteiger partial charge on any atom is -0.453 e. The van der Waals surface area contributed by atoms with Crippen molar-refractivity contribution in [3.63, 3.8) is 0 Å². The molecule has 3 atom stereocenters. The fraction of sp³-hybridized carbons (Fsp3) is 0.571. The van der Waals surface area contributed by atoms with Crippen LogP contribution in [-0.2, 0) is 14.3 Å². The molecule has 1 saturated heterocycles. The molecular formula is C21H27N7O5. The quantitative estimate of drug-likeness (QED) is 0.514. The van der Waals surface area contributed by atoms with E-state index in [1.165, 1.54) is 22.9 Å². The molecule has 1 aliphatic heterocycles. The molecule has 4 rings (SSSR count). The van der Waals surface area contributed by atoms with Crippen molar-refractivity contribution in [3.05, 3.63) is 12.2 Å². The first kappa shape index (κ1) is 22.8. The Kier molecular flexibility index (Phi) is 6.62. The van der Waals surface area contributed by atoms with Crippen molar-refractivity contribution in [2.24, 2.45) is 0 Å². The molecule has 2 aromatic heterocycles. The Hall–Kier alpha value is -3.43. The van der Waals surface area contributed by atoms with Crippen LogP contribution in [-0.4, -0.2) is 80.0 Å². The van der Waals surface area contributed by atoms with Crippen molar-refractivity contribution in [1.82, 2.24) is 29.7 Å². The second-order valence-electron chi connectivity index (χ2n) is 8.05. The Bertz CT molecular complexity index is 1100. The van der Waals surface area contributed by atoms with Gasteiger partial charge in [-0.05, 0) is 25.2 Å². The van der Waals surface area contributed by atoms with Crippen LogP contribution < -0.4 is 11.1 Å². The molecule has 12 heteroatoms. The predicted molar refractivity (Wildman–Crippen MR) is 117 cm³/mol. The second-order valence-corrected chi connectivity index (χ2v) is 8.05. The van der Waals surface area contributed by atoms with E-state index >= 15 is 0 Å². The summed E-state index contributed by atoms with van der Waals surface area (Å²) in [5.41, 5.74) is 6.71. The molecule has 0 radical (unpaired) electrons. The van der Waals surface area contributed by atoms with Gasteiger partial charge in [0.15, 0.2) is 17.7 Å². The third-order valence-electron chi connectivity index (χ3n) is 5.42. The molecule has 4 N–H and O–H groups in total. The number of carbonyl (C=O) groups excluding carboxylic acids is 2. The highest BCUT2D eigenvalue weighted by Gasteiger charge is 2.41. The highest BCUT2D eigenvalue weighted by Crippen LogP contribution is 2.32. The van der Waals surface area contributed by atoms with Crippen molar-refractivity contribution >= 4 is 29.0 Å². The minimum atomic E-state index is -0.925. The van der Waals surface area contributed by atoms with Gasteiger partial charge in [0.05, 0.1) is 20.0 Å². The standard InChI is InChI=1S/C21H27N7O5/c1-3-8-27(21(31)32-2)9-4-5-15-25-17(22)16-18(26-15)28(11-23-16)20-13(29)10-14(33-20)19(30)24-12-6-7-12/h11-14,20,29H,3,6-10H2,1-2H3,(H,24,30)(H2,22,25,26)/t13-,14-,20+/m0/s1. The number of anilines is 1. The maximum atomic E-state index is 12.3. The Morgan fingerprint density at radius 2 is 2.21 bits per heavy atom. The average Bonchev–Trinajstić information content (AvgIpc) is 3.37. The van der Waals surface area contributed by atoms with Gasteiger partial charge >= 0.3 is 6.09 Å². The Balaban J connectivity index is 1.54. The number of fused-ring (bicyclic) bond motifs is 1. The van der Waals surface area contributed by atoms with Gasteiger partial charge in [0.25, 0.3) is 0 Å². The number of carbonyl (C=O) groups is 2. The van der Waals surface area contributed by atoms with Crippen LogP contribution in [0.1, 0.15) is 44.7 Å². The number of ether oxygens (including phenoxy) is 2. The largest absolute Gasteiger partial charge is 0.453 e. The lowest BCUT2D eigenvalue weighted by Gasteiger charge is -2.17. The number of methoxy groups -OCH3 is 1. The fourth-order valence-electron chi connectivity index (χ4n) is 3.62. The molecule has 33 heavy (non-hydrogen) atoms. The topological polar surface area (TPSA) is 158 Å². The van der Waals surface area contributed by atoms with Gasteiger partial charge < -0.3 is 25.6 Å². The zero-order valence-electron chi connectivity index (χ0n) is 18.5. The number of nitrogens with two attached hydrogens (primary N) is 1. The molecular weight excluding hydrogens is 430 g/mol. The van der Waals surface area contributed by atoms with E-state index in [0.717, 1.165) is 19.3 Å². The number of amides is 2. The molecule has 2 fully saturated rings. The van der Waals surface area contributed by atoms with Gasteiger partial charge in [0, 0.05) is 19.0 Å². The first-order chi connectivity index (χ1) is 15.9. The number of aliphatic hydroxyl groups is 1. The summed E-state index contributed by atoms with van der Waals surface area (Å²) in [5, 5.41) is 13.4. The van der Waals surface area contributed by atoms with Crippen molar-refractivity contribution in [2.75, 3.05) is 25.9 Å². The Morgan fingerprint density at radius 3 is 2.91 bits per heavy atom. The van der Waals surface area contributed by atoms with Crippen LogP contribution in [0.4, 0.5) is 10.6 Å². The van der Waals surface area contributed by atoms with Gasteiger partial charge in [-0.3, -0.25) is 14.3 Å². The number of nitrogens with one attached hydrogen (secondary N) is 1. The number of hydrogen-bond donors (Lipinski definition) is 3. The number of nitrogen functional groups attached to an aromatic ring is 1.